The van der Waals surface area contributed by atoms with E-state index in [0.717, 1.165) is 38.1 Å². The van der Waals surface area contributed by atoms with Gasteiger partial charge >= 0.3 is 0 Å². The molecule has 5 rings (SSSR count). The van der Waals surface area contributed by atoms with Gasteiger partial charge in [0.05, 0.1) is 22.7 Å². The number of alkyl halides is 2. The molecular formula is C25H26F4N6O3S. The maximum atomic E-state index is 14.9. The highest BCUT2D eigenvalue weighted by Crippen LogP contribution is 2.50. The molecule has 3 aromatic rings. The van der Waals surface area contributed by atoms with E-state index in [9.17, 15) is 26.0 Å². The van der Waals surface area contributed by atoms with E-state index in [1.807, 2.05) is 4.72 Å². The van der Waals surface area contributed by atoms with E-state index < -0.39 is 50.7 Å². The molecule has 14 heteroatoms. The summed E-state index contributed by atoms with van der Waals surface area (Å²) in [5.74, 6) is -7.67. The van der Waals surface area contributed by atoms with Gasteiger partial charge in [-0.25, -0.2) is 36.5 Å². The van der Waals surface area contributed by atoms with Crippen molar-refractivity contribution in [3.63, 3.8) is 0 Å². The second kappa shape index (κ2) is 10.9. The lowest BCUT2D eigenvalue weighted by Crippen LogP contribution is -2.38. The highest BCUT2D eigenvalue weighted by Gasteiger charge is 2.56. The molecule has 1 saturated heterocycles. The molecule has 0 spiro atoms. The Labute approximate surface area is 222 Å². The summed E-state index contributed by atoms with van der Waals surface area (Å²) in [6.45, 7) is 1.74. The van der Waals surface area contributed by atoms with Crippen LogP contribution in [-0.2, 0) is 10.0 Å². The fourth-order valence-corrected chi connectivity index (χ4v) is 5.48. The van der Waals surface area contributed by atoms with Gasteiger partial charge in [-0.2, -0.15) is 4.39 Å². The predicted molar refractivity (Wildman–Crippen MR) is 136 cm³/mol. The van der Waals surface area contributed by atoms with E-state index in [4.69, 9.17) is 4.74 Å². The Morgan fingerprint density at radius 2 is 1.92 bits per heavy atom. The fraction of sp³-hybridized carbons (Fsp3) is 0.400. The largest absolute Gasteiger partial charge is 0.435 e. The Hall–Kier alpha value is -3.52. The molecule has 2 fully saturated rings. The van der Waals surface area contributed by atoms with Crippen LogP contribution in [0.15, 0.2) is 42.7 Å². The second-order valence-corrected chi connectivity index (χ2v) is 11.4. The van der Waals surface area contributed by atoms with E-state index in [-0.39, 0.29) is 24.8 Å². The van der Waals surface area contributed by atoms with Gasteiger partial charge in [-0.15, -0.1) is 0 Å². The molecule has 2 aliphatic rings. The minimum atomic E-state index is -4.18. The number of sulfonamides is 1. The summed E-state index contributed by atoms with van der Waals surface area (Å²) in [5.41, 5.74) is 0.171. The minimum Gasteiger partial charge on any atom is -0.435 e. The number of nitrogens with one attached hydrogen (secondary N) is 3. The smallest absolute Gasteiger partial charge is 0.251 e. The average molecular weight is 567 g/mol. The van der Waals surface area contributed by atoms with Crippen LogP contribution in [0.1, 0.15) is 25.7 Å². The normalized spacial score (nSPS) is 20.3. The Balaban J connectivity index is 1.31. The zero-order chi connectivity index (χ0) is 27.6. The van der Waals surface area contributed by atoms with Crippen molar-refractivity contribution in [2.75, 3.05) is 28.9 Å². The summed E-state index contributed by atoms with van der Waals surface area (Å²) in [6, 6.07) is 7.12. The number of benzene rings is 1. The molecule has 3 heterocycles. The third kappa shape index (κ3) is 6.56. The topological polar surface area (TPSA) is 118 Å². The summed E-state index contributed by atoms with van der Waals surface area (Å²) in [5, 5.41) is 6.58. The Kier molecular flexibility index (Phi) is 7.58. The zero-order valence-electron chi connectivity index (χ0n) is 20.6. The van der Waals surface area contributed by atoms with Crippen LogP contribution in [0, 0.1) is 17.6 Å². The summed E-state index contributed by atoms with van der Waals surface area (Å²) in [6.07, 6.45) is 4.30. The van der Waals surface area contributed by atoms with Gasteiger partial charge in [-0.05, 0) is 56.1 Å². The van der Waals surface area contributed by atoms with Crippen LogP contribution in [-0.4, -0.2) is 54.2 Å². The molecule has 9 nitrogen and oxygen atoms in total. The number of ether oxygens (including phenoxy) is 1. The number of anilines is 2. The van der Waals surface area contributed by atoms with Crippen LogP contribution in [0.5, 0.6) is 11.6 Å². The van der Waals surface area contributed by atoms with Crippen LogP contribution in [0.25, 0.3) is 11.3 Å². The van der Waals surface area contributed by atoms with E-state index >= 15 is 0 Å². The Bertz CT molecular complexity index is 1450. The average Bonchev–Trinajstić information content (AvgIpc) is 3.54. The van der Waals surface area contributed by atoms with Crippen molar-refractivity contribution >= 4 is 21.7 Å². The molecule has 1 aliphatic carbocycles. The highest BCUT2D eigenvalue weighted by molar-refractivity contribution is 7.92. The summed E-state index contributed by atoms with van der Waals surface area (Å²) in [7, 11) is -4.18. The van der Waals surface area contributed by atoms with E-state index in [2.05, 4.69) is 25.6 Å². The van der Waals surface area contributed by atoms with E-state index in [1.54, 1.807) is 24.4 Å². The first-order chi connectivity index (χ1) is 18.6. The molecule has 3 N–H and O–H groups in total. The van der Waals surface area contributed by atoms with Gasteiger partial charge in [0, 0.05) is 37.3 Å². The number of aromatic nitrogens is 3. The fourth-order valence-electron chi connectivity index (χ4n) is 4.30. The summed E-state index contributed by atoms with van der Waals surface area (Å²) >= 11 is 0. The van der Waals surface area contributed by atoms with Crippen LogP contribution in [0.3, 0.4) is 0 Å². The van der Waals surface area contributed by atoms with Crippen molar-refractivity contribution < 1.29 is 30.7 Å². The highest BCUT2D eigenvalue weighted by atomic mass is 32.2. The number of halogens is 4. The van der Waals surface area contributed by atoms with Gasteiger partial charge in [0.25, 0.3) is 5.92 Å². The molecular weight excluding hydrogens is 540 g/mol. The van der Waals surface area contributed by atoms with Crippen molar-refractivity contribution in [1.82, 2.24) is 20.3 Å². The molecule has 2 aromatic heterocycles. The second-order valence-electron chi connectivity index (χ2n) is 9.52. The van der Waals surface area contributed by atoms with Gasteiger partial charge in [0.15, 0.2) is 11.6 Å². The van der Waals surface area contributed by atoms with Gasteiger partial charge in [-0.1, -0.05) is 0 Å². The number of nitrogens with zero attached hydrogens (tertiary/aromatic N) is 3. The molecule has 208 valence electrons. The van der Waals surface area contributed by atoms with Crippen molar-refractivity contribution in [1.29, 1.82) is 0 Å². The van der Waals surface area contributed by atoms with Gasteiger partial charge in [-0.3, -0.25) is 4.72 Å². The first kappa shape index (κ1) is 27.1. The Morgan fingerprint density at radius 3 is 2.67 bits per heavy atom. The molecule has 1 unspecified atom stereocenters. The van der Waals surface area contributed by atoms with Crippen molar-refractivity contribution in [3.05, 3.63) is 54.4 Å². The molecule has 1 saturated carbocycles. The maximum absolute atomic E-state index is 14.9. The molecule has 1 aliphatic heterocycles. The monoisotopic (exact) mass is 566 g/mol. The molecule has 2 atom stereocenters. The molecule has 1 aromatic carbocycles. The predicted octanol–water partition coefficient (Wildman–Crippen LogP) is 4.56. The van der Waals surface area contributed by atoms with Gasteiger partial charge in [0.1, 0.15) is 0 Å². The Morgan fingerprint density at radius 1 is 1.10 bits per heavy atom. The third-order valence-corrected chi connectivity index (χ3v) is 7.85. The quantitative estimate of drug-likeness (QED) is 0.306. The zero-order valence-corrected chi connectivity index (χ0v) is 21.4. The SMILES string of the molecule is O=S(=O)(CCC1CC1(F)F)Nc1ccc(Oc2ncccc2-c2ccnc(N[C@H]3CCCNC3)n2)c(F)c1F. The third-order valence-electron chi connectivity index (χ3n) is 6.54. The molecule has 0 bridgehead atoms. The summed E-state index contributed by atoms with van der Waals surface area (Å²) in [4.78, 5) is 12.9. The lowest BCUT2D eigenvalue weighted by molar-refractivity contribution is 0.0983. The number of rotatable bonds is 10. The number of hydrogen-bond donors (Lipinski definition) is 3. The van der Waals surface area contributed by atoms with Gasteiger partial charge in [0.2, 0.25) is 27.7 Å². The summed E-state index contributed by atoms with van der Waals surface area (Å²) < 4.78 is 87.7. The lowest BCUT2D eigenvalue weighted by atomic mass is 10.1. The first-order valence-electron chi connectivity index (χ1n) is 12.4. The van der Waals surface area contributed by atoms with E-state index in [0.29, 0.717) is 17.2 Å². The van der Waals surface area contributed by atoms with Crippen molar-refractivity contribution in [2.24, 2.45) is 5.92 Å². The van der Waals surface area contributed by atoms with Crippen LogP contribution in [0.2, 0.25) is 0 Å². The molecule has 39 heavy (non-hydrogen) atoms. The van der Waals surface area contributed by atoms with Crippen LogP contribution in [0.4, 0.5) is 29.2 Å². The number of piperidine rings is 1. The molecule has 0 amide bonds. The van der Waals surface area contributed by atoms with Crippen LogP contribution < -0.4 is 20.1 Å². The van der Waals surface area contributed by atoms with Crippen molar-refractivity contribution in [2.45, 2.75) is 37.6 Å². The number of pyridine rings is 1. The van der Waals surface area contributed by atoms with Crippen LogP contribution >= 0.6 is 0 Å². The standard InChI is InChI=1S/C25H26F4N6O3S/c26-21-19(35-39(36,37)12-8-15-13-25(15,28)29)5-6-20(22(21)27)38-23-17(4-2-10-31-23)18-7-11-32-24(34-18)33-16-3-1-9-30-14-16/h2,4-7,10-11,15-16,30,35H,1,3,8-9,12-14H2,(H,32,33,34)/t15?,16-/m0/s1. The van der Waals surface area contributed by atoms with E-state index in [1.165, 1.54) is 6.20 Å². The number of hydrogen-bond acceptors (Lipinski definition) is 8. The first-order valence-corrected chi connectivity index (χ1v) is 14.1. The lowest BCUT2D eigenvalue weighted by Gasteiger charge is -2.23. The molecule has 0 radical (unpaired) electrons. The maximum Gasteiger partial charge on any atom is 0.251 e. The van der Waals surface area contributed by atoms with Crippen molar-refractivity contribution in [3.8, 4) is 22.9 Å². The minimum absolute atomic E-state index is 0.0570. The van der Waals surface area contributed by atoms with Gasteiger partial charge < -0.3 is 15.4 Å².